The Hall–Kier alpha value is -1.14. The monoisotopic (exact) mass is 353 g/mol. The third-order valence-corrected chi connectivity index (χ3v) is 8.32. The number of benzene rings is 1. The van der Waals surface area contributed by atoms with E-state index >= 15 is 0 Å². The summed E-state index contributed by atoms with van der Waals surface area (Å²) < 4.78 is 11.6. The van der Waals surface area contributed by atoms with Crippen LogP contribution in [0.3, 0.4) is 0 Å². The van der Waals surface area contributed by atoms with Crippen LogP contribution in [-0.4, -0.2) is 38.0 Å². The van der Waals surface area contributed by atoms with Crippen LogP contribution < -0.4 is 5.32 Å². The predicted octanol–water partition coefficient (Wildman–Crippen LogP) is 2.61. The summed E-state index contributed by atoms with van der Waals surface area (Å²) in [6.45, 7) is 3.99. The molecule has 126 valence electrons. The minimum absolute atomic E-state index is 0.00334. The molecular weight excluding hydrogens is 330 g/mol. The SMILES string of the molecule is CC[C@@]1(C(=O)[C@H](C)CNC(=O)c2ccccc2)SCCCS1=O. The number of nitrogens with one attached hydrogen (secondary N) is 1. The second kappa shape index (κ2) is 8.11. The average Bonchev–Trinajstić information content (AvgIpc) is 2.60. The van der Waals surface area contributed by atoms with Crippen molar-refractivity contribution in [2.75, 3.05) is 18.1 Å². The van der Waals surface area contributed by atoms with Gasteiger partial charge in [-0.1, -0.05) is 32.0 Å². The highest BCUT2D eigenvalue weighted by atomic mass is 32.2. The first-order chi connectivity index (χ1) is 11.0. The van der Waals surface area contributed by atoms with Crippen LogP contribution in [0, 0.1) is 5.92 Å². The standard InChI is InChI=1S/C17H23NO3S2/c1-3-17(22-10-7-11-23(17)21)15(19)13(2)12-18-16(20)14-8-5-4-6-9-14/h4-6,8-9,13H,3,7,10-12H2,1-2H3,(H,18,20)/t13-,17-,23?/m1/s1. The van der Waals surface area contributed by atoms with E-state index in [4.69, 9.17) is 0 Å². The van der Waals surface area contributed by atoms with Gasteiger partial charge in [0.15, 0.2) is 5.78 Å². The van der Waals surface area contributed by atoms with Crippen molar-refractivity contribution in [3.63, 3.8) is 0 Å². The van der Waals surface area contributed by atoms with Crippen LogP contribution >= 0.6 is 11.8 Å². The summed E-state index contributed by atoms with van der Waals surface area (Å²) in [6.07, 6.45) is 1.46. The van der Waals surface area contributed by atoms with Crippen molar-refractivity contribution < 1.29 is 13.8 Å². The van der Waals surface area contributed by atoms with Gasteiger partial charge in [0.25, 0.3) is 5.91 Å². The lowest BCUT2D eigenvalue weighted by atomic mass is 10.0. The Balaban J connectivity index is 1.99. The van der Waals surface area contributed by atoms with Gasteiger partial charge >= 0.3 is 0 Å². The lowest BCUT2D eigenvalue weighted by Crippen LogP contribution is -2.48. The molecule has 23 heavy (non-hydrogen) atoms. The van der Waals surface area contributed by atoms with Crippen molar-refractivity contribution in [2.45, 2.75) is 30.8 Å². The number of Topliss-reactive ketones (excluding diaryl/α,β-unsaturated/α-hetero) is 1. The van der Waals surface area contributed by atoms with E-state index in [2.05, 4.69) is 5.32 Å². The third-order valence-electron chi connectivity index (χ3n) is 4.07. The maximum absolute atomic E-state index is 12.8. The fraction of sp³-hybridized carbons (Fsp3) is 0.529. The van der Waals surface area contributed by atoms with Gasteiger partial charge in [0, 0.05) is 34.6 Å². The summed E-state index contributed by atoms with van der Waals surface area (Å²) in [5, 5.41) is 2.81. The summed E-state index contributed by atoms with van der Waals surface area (Å²) in [4.78, 5) is 24.9. The van der Waals surface area contributed by atoms with Gasteiger partial charge in [-0.2, -0.15) is 0 Å². The highest BCUT2D eigenvalue weighted by molar-refractivity contribution is 8.14. The fourth-order valence-electron chi connectivity index (χ4n) is 2.68. The molecule has 1 aromatic rings. The Morgan fingerprint density at radius 1 is 1.35 bits per heavy atom. The van der Waals surface area contributed by atoms with Crippen molar-refractivity contribution in [3.05, 3.63) is 35.9 Å². The van der Waals surface area contributed by atoms with E-state index in [1.54, 1.807) is 31.2 Å². The average molecular weight is 354 g/mol. The van der Waals surface area contributed by atoms with Gasteiger partial charge in [-0.15, -0.1) is 11.8 Å². The van der Waals surface area contributed by atoms with E-state index in [1.807, 2.05) is 13.0 Å². The third kappa shape index (κ3) is 4.04. The number of ketones is 1. The van der Waals surface area contributed by atoms with Crippen molar-refractivity contribution in [2.24, 2.45) is 5.92 Å². The van der Waals surface area contributed by atoms with Crippen LogP contribution in [0.4, 0.5) is 0 Å². The Labute approximate surface area is 144 Å². The van der Waals surface area contributed by atoms with Crippen molar-refractivity contribution >= 4 is 34.3 Å². The molecule has 6 heteroatoms. The molecular formula is C17H23NO3S2. The molecule has 1 N–H and O–H groups in total. The molecule has 1 saturated heterocycles. The summed E-state index contributed by atoms with van der Waals surface area (Å²) in [7, 11) is -1.14. The maximum Gasteiger partial charge on any atom is 0.251 e. The van der Waals surface area contributed by atoms with Crippen LogP contribution in [0.2, 0.25) is 0 Å². The molecule has 1 aliphatic rings. The molecule has 0 radical (unpaired) electrons. The van der Waals surface area contributed by atoms with Gasteiger partial charge in [0.05, 0.1) is 0 Å². The molecule has 3 atom stereocenters. The fourth-order valence-corrected chi connectivity index (χ4v) is 6.54. The number of carbonyl (C=O) groups is 2. The zero-order valence-electron chi connectivity index (χ0n) is 13.5. The number of carbonyl (C=O) groups excluding carboxylic acids is 2. The quantitative estimate of drug-likeness (QED) is 0.854. The Morgan fingerprint density at radius 3 is 2.65 bits per heavy atom. The minimum atomic E-state index is -1.14. The van der Waals surface area contributed by atoms with E-state index in [9.17, 15) is 13.8 Å². The molecule has 1 aliphatic heterocycles. The van der Waals surface area contributed by atoms with E-state index in [1.165, 1.54) is 11.8 Å². The van der Waals surface area contributed by atoms with Crippen molar-refractivity contribution in [1.82, 2.24) is 5.32 Å². The molecule has 0 saturated carbocycles. The molecule has 4 nitrogen and oxygen atoms in total. The van der Waals surface area contributed by atoms with Gasteiger partial charge in [-0.25, -0.2) is 0 Å². The predicted molar refractivity (Wildman–Crippen MR) is 96.1 cm³/mol. The summed E-state index contributed by atoms with van der Waals surface area (Å²) >= 11 is 1.52. The molecule has 0 bridgehead atoms. The zero-order valence-corrected chi connectivity index (χ0v) is 15.2. The smallest absolute Gasteiger partial charge is 0.251 e. The van der Waals surface area contributed by atoms with Crippen LogP contribution in [0.5, 0.6) is 0 Å². The van der Waals surface area contributed by atoms with Crippen LogP contribution in [0.25, 0.3) is 0 Å². The number of thioether (sulfide) groups is 1. The molecule has 0 aliphatic carbocycles. The molecule has 1 heterocycles. The highest BCUT2D eigenvalue weighted by Gasteiger charge is 2.46. The second-order valence-electron chi connectivity index (χ2n) is 5.70. The largest absolute Gasteiger partial charge is 0.351 e. The molecule has 0 aromatic heterocycles. The molecule has 2 rings (SSSR count). The molecule has 1 amide bonds. The number of hydrogen-bond acceptors (Lipinski definition) is 4. The van der Waals surface area contributed by atoms with Crippen LogP contribution in [0.15, 0.2) is 30.3 Å². The first kappa shape index (κ1) is 18.2. The Bertz CT molecular complexity index is 591. The van der Waals surface area contributed by atoms with E-state index < -0.39 is 14.9 Å². The normalized spacial score (nSPS) is 25.6. The van der Waals surface area contributed by atoms with Crippen LogP contribution in [0.1, 0.15) is 37.0 Å². The summed E-state index contributed by atoms with van der Waals surface area (Å²) in [6, 6.07) is 8.93. The van der Waals surface area contributed by atoms with E-state index in [0.717, 1.165) is 12.2 Å². The summed E-state index contributed by atoms with van der Waals surface area (Å²) in [5.74, 6) is 0.922. The van der Waals surface area contributed by atoms with Gasteiger partial charge in [0.2, 0.25) is 0 Å². The topological polar surface area (TPSA) is 63.2 Å². The Morgan fingerprint density at radius 2 is 2.04 bits per heavy atom. The summed E-state index contributed by atoms with van der Waals surface area (Å²) in [5.41, 5.74) is 0.577. The molecule has 1 fully saturated rings. The van der Waals surface area contributed by atoms with Gasteiger partial charge in [-0.05, 0) is 30.7 Å². The molecule has 1 aromatic carbocycles. The first-order valence-corrected chi connectivity index (χ1v) is 10.2. The first-order valence-electron chi connectivity index (χ1n) is 7.91. The molecule has 0 spiro atoms. The number of amides is 1. The number of hydrogen-bond donors (Lipinski definition) is 1. The van der Waals surface area contributed by atoms with Gasteiger partial charge < -0.3 is 5.32 Å². The zero-order chi connectivity index (χ0) is 16.9. The maximum atomic E-state index is 12.8. The van der Waals surface area contributed by atoms with Crippen molar-refractivity contribution in [3.8, 4) is 0 Å². The van der Waals surface area contributed by atoms with Gasteiger partial charge in [0.1, 0.15) is 4.08 Å². The second-order valence-corrected chi connectivity index (χ2v) is 9.15. The van der Waals surface area contributed by atoms with Gasteiger partial charge in [-0.3, -0.25) is 13.8 Å². The molecule has 1 unspecified atom stereocenters. The number of rotatable bonds is 6. The van der Waals surface area contributed by atoms with E-state index in [-0.39, 0.29) is 24.2 Å². The van der Waals surface area contributed by atoms with Crippen molar-refractivity contribution in [1.29, 1.82) is 0 Å². The van der Waals surface area contributed by atoms with E-state index in [0.29, 0.717) is 17.7 Å². The lowest BCUT2D eigenvalue weighted by Gasteiger charge is -2.35. The van der Waals surface area contributed by atoms with Crippen LogP contribution in [-0.2, 0) is 15.6 Å². The Kier molecular flexibility index (Phi) is 6.41. The minimum Gasteiger partial charge on any atom is -0.351 e. The lowest BCUT2D eigenvalue weighted by molar-refractivity contribution is -0.122. The highest BCUT2D eigenvalue weighted by Crippen LogP contribution is 2.40.